The summed E-state index contributed by atoms with van der Waals surface area (Å²) in [6.07, 6.45) is 2.10. The summed E-state index contributed by atoms with van der Waals surface area (Å²) >= 11 is 0. The van der Waals surface area contributed by atoms with Crippen molar-refractivity contribution in [1.29, 1.82) is 0 Å². The summed E-state index contributed by atoms with van der Waals surface area (Å²) in [6, 6.07) is 12.3. The first kappa shape index (κ1) is 22.4. The highest BCUT2D eigenvalue weighted by atomic mass is 16.6. The van der Waals surface area contributed by atoms with Gasteiger partial charge < -0.3 is 18.9 Å². The van der Waals surface area contributed by atoms with Crippen molar-refractivity contribution < 1.29 is 19.1 Å². The van der Waals surface area contributed by atoms with E-state index in [0.717, 1.165) is 18.4 Å². The summed E-state index contributed by atoms with van der Waals surface area (Å²) in [5.74, 6) is 0. The summed E-state index contributed by atoms with van der Waals surface area (Å²) in [7, 11) is 0. The van der Waals surface area contributed by atoms with Gasteiger partial charge in [-0.1, -0.05) is 30.3 Å². The van der Waals surface area contributed by atoms with E-state index in [0.29, 0.717) is 13.1 Å². The van der Waals surface area contributed by atoms with Crippen molar-refractivity contribution in [1.82, 2.24) is 9.47 Å². The molecule has 8 nitrogen and oxygen atoms in total. The molecule has 1 N–H and O–H groups in total. The molecule has 1 saturated heterocycles. The van der Waals surface area contributed by atoms with Crippen LogP contribution in [0.2, 0.25) is 0 Å². The Morgan fingerprint density at radius 3 is 2.58 bits per heavy atom. The fraction of sp³-hybridized carbons (Fsp3) is 0.435. The molecule has 2 aromatic rings. The third-order valence-electron chi connectivity index (χ3n) is 4.87. The topological polar surface area (TPSA) is 89.9 Å². The maximum absolute atomic E-state index is 12.9. The Bertz CT molecular complexity index is 965. The third-order valence-corrected chi connectivity index (χ3v) is 4.87. The number of rotatable bonds is 4. The third kappa shape index (κ3) is 6.34. The zero-order valence-electron chi connectivity index (χ0n) is 18.2. The largest absolute Gasteiger partial charge is 0.444 e. The number of benzene rings is 1. The average molecular weight is 428 g/mol. The molecule has 1 aromatic heterocycles. The van der Waals surface area contributed by atoms with Crippen LogP contribution < -0.4 is 10.9 Å². The van der Waals surface area contributed by atoms with E-state index in [1.165, 1.54) is 6.07 Å². The van der Waals surface area contributed by atoms with E-state index >= 15 is 0 Å². The Morgan fingerprint density at radius 1 is 1.13 bits per heavy atom. The number of hydrogen-bond acceptors (Lipinski definition) is 5. The Morgan fingerprint density at radius 2 is 1.87 bits per heavy atom. The molecule has 1 fully saturated rings. The van der Waals surface area contributed by atoms with Crippen LogP contribution in [0.1, 0.15) is 45.2 Å². The molecular formula is C23H29N3O5. The molecule has 31 heavy (non-hydrogen) atoms. The van der Waals surface area contributed by atoms with E-state index < -0.39 is 11.7 Å². The Kier molecular flexibility index (Phi) is 6.99. The lowest BCUT2D eigenvalue weighted by molar-refractivity contribution is 0.0171. The second kappa shape index (κ2) is 9.68. The van der Waals surface area contributed by atoms with Crippen LogP contribution in [0.15, 0.2) is 53.5 Å². The predicted molar refractivity (Wildman–Crippen MR) is 117 cm³/mol. The Hall–Kier alpha value is -3.29. The first-order valence-electron chi connectivity index (χ1n) is 10.4. The molecule has 0 saturated carbocycles. The van der Waals surface area contributed by atoms with Crippen LogP contribution in [0.5, 0.6) is 0 Å². The summed E-state index contributed by atoms with van der Waals surface area (Å²) in [5, 5.41) is 2.53. The van der Waals surface area contributed by atoms with Gasteiger partial charge in [-0.05, 0) is 51.3 Å². The number of carbonyl (C=O) groups is 2. The molecule has 0 aliphatic carbocycles. The van der Waals surface area contributed by atoms with Crippen molar-refractivity contribution in [3.05, 3.63) is 64.6 Å². The monoisotopic (exact) mass is 427 g/mol. The van der Waals surface area contributed by atoms with Crippen molar-refractivity contribution >= 4 is 17.9 Å². The van der Waals surface area contributed by atoms with Gasteiger partial charge >= 0.3 is 12.2 Å². The number of nitrogens with one attached hydrogen (secondary N) is 1. The fourth-order valence-electron chi connectivity index (χ4n) is 3.44. The molecule has 1 aliphatic rings. The van der Waals surface area contributed by atoms with Crippen molar-refractivity contribution in [2.24, 2.45) is 0 Å². The van der Waals surface area contributed by atoms with Gasteiger partial charge in [-0.2, -0.15) is 0 Å². The molecule has 1 unspecified atom stereocenters. The number of likely N-dealkylation sites (tertiary alicyclic amines) is 1. The number of carbonyl (C=O) groups excluding carboxylic acids is 2. The normalized spacial score (nSPS) is 16.5. The smallest absolute Gasteiger partial charge is 0.412 e. The SMILES string of the molecule is CC(C)(C)OC(=O)N1CCCC(n2cccc(NC(=O)OCc3ccccc3)c2=O)C1. The molecule has 8 heteroatoms. The average Bonchev–Trinajstić information content (AvgIpc) is 2.73. The number of aromatic nitrogens is 1. The van der Waals surface area contributed by atoms with E-state index in [4.69, 9.17) is 9.47 Å². The van der Waals surface area contributed by atoms with Crippen LogP contribution in [-0.2, 0) is 16.1 Å². The number of amides is 2. The van der Waals surface area contributed by atoms with Gasteiger partial charge in [-0.25, -0.2) is 9.59 Å². The molecule has 3 rings (SSSR count). The summed E-state index contributed by atoms with van der Waals surface area (Å²) in [5.41, 5.74) is 0.0721. The molecule has 0 bridgehead atoms. The second-order valence-electron chi connectivity index (χ2n) is 8.54. The first-order chi connectivity index (χ1) is 14.7. The molecule has 1 aliphatic heterocycles. The lowest BCUT2D eigenvalue weighted by atomic mass is 10.1. The van der Waals surface area contributed by atoms with Crippen molar-refractivity contribution in [2.75, 3.05) is 18.4 Å². The number of pyridine rings is 1. The second-order valence-corrected chi connectivity index (χ2v) is 8.54. The molecule has 0 radical (unpaired) electrons. The highest BCUT2D eigenvalue weighted by molar-refractivity contribution is 5.84. The highest BCUT2D eigenvalue weighted by Gasteiger charge is 2.29. The molecule has 166 valence electrons. The van der Waals surface area contributed by atoms with Gasteiger partial charge in [0.05, 0.1) is 6.04 Å². The fourth-order valence-corrected chi connectivity index (χ4v) is 3.44. The first-order valence-corrected chi connectivity index (χ1v) is 10.4. The van der Waals surface area contributed by atoms with Crippen LogP contribution in [0.25, 0.3) is 0 Å². The molecule has 0 spiro atoms. The van der Waals surface area contributed by atoms with Crippen molar-refractivity contribution in [2.45, 2.75) is 51.9 Å². The summed E-state index contributed by atoms with van der Waals surface area (Å²) in [4.78, 5) is 39.1. The molecule has 1 aromatic carbocycles. The van der Waals surface area contributed by atoms with Crippen LogP contribution in [-0.4, -0.2) is 40.3 Å². The lowest BCUT2D eigenvalue weighted by Gasteiger charge is -2.34. The standard InChI is InChI=1S/C23H29N3O5/c1-23(2,3)31-22(29)25-13-7-11-18(15-25)26-14-8-12-19(20(26)27)24-21(28)30-16-17-9-5-4-6-10-17/h4-6,8-10,12,14,18H,7,11,13,15-16H2,1-3H3,(H,24,28). The Labute approximate surface area is 181 Å². The maximum atomic E-state index is 12.9. The highest BCUT2D eigenvalue weighted by Crippen LogP contribution is 2.22. The molecule has 1 atom stereocenters. The van der Waals surface area contributed by atoms with Crippen LogP contribution >= 0.6 is 0 Å². The maximum Gasteiger partial charge on any atom is 0.412 e. The van der Waals surface area contributed by atoms with Gasteiger partial charge in [0, 0.05) is 19.3 Å². The zero-order valence-corrected chi connectivity index (χ0v) is 18.2. The van der Waals surface area contributed by atoms with E-state index in [9.17, 15) is 14.4 Å². The minimum atomic E-state index is -0.697. The zero-order chi connectivity index (χ0) is 22.4. The van der Waals surface area contributed by atoms with E-state index in [1.54, 1.807) is 21.7 Å². The number of nitrogens with zero attached hydrogens (tertiary/aromatic N) is 2. The minimum absolute atomic E-state index is 0.112. The van der Waals surface area contributed by atoms with Crippen LogP contribution in [0.4, 0.5) is 15.3 Å². The van der Waals surface area contributed by atoms with Gasteiger partial charge in [0.25, 0.3) is 5.56 Å². The van der Waals surface area contributed by atoms with Crippen LogP contribution in [0.3, 0.4) is 0 Å². The number of anilines is 1. The predicted octanol–water partition coefficient (Wildman–Crippen LogP) is 4.17. The lowest BCUT2D eigenvalue weighted by Crippen LogP contribution is -2.45. The van der Waals surface area contributed by atoms with E-state index in [1.807, 2.05) is 51.1 Å². The van der Waals surface area contributed by atoms with Gasteiger partial charge in [-0.15, -0.1) is 0 Å². The van der Waals surface area contributed by atoms with Crippen molar-refractivity contribution in [3.8, 4) is 0 Å². The quantitative estimate of drug-likeness (QED) is 0.791. The van der Waals surface area contributed by atoms with Crippen LogP contribution in [0, 0.1) is 0 Å². The van der Waals surface area contributed by atoms with Gasteiger partial charge in [-0.3, -0.25) is 10.1 Å². The number of hydrogen-bond donors (Lipinski definition) is 1. The molecule has 2 heterocycles. The summed E-state index contributed by atoms with van der Waals surface area (Å²) < 4.78 is 12.2. The van der Waals surface area contributed by atoms with Gasteiger partial charge in [0.15, 0.2) is 0 Å². The molecule has 2 amide bonds. The Balaban J connectivity index is 1.65. The number of ether oxygens (including phenoxy) is 2. The molecular weight excluding hydrogens is 398 g/mol. The van der Waals surface area contributed by atoms with E-state index in [2.05, 4.69) is 5.32 Å². The number of piperidine rings is 1. The van der Waals surface area contributed by atoms with Gasteiger partial charge in [0.2, 0.25) is 0 Å². The summed E-state index contributed by atoms with van der Waals surface area (Å²) in [6.45, 7) is 6.54. The minimum Gasteiger partial charge on any atom is -0.444 e. The van der Waals surface area contributed by atoms with Crippen molar-refractivity contribution in [3.63, 3.8) is 0 Å². The van der Waals surface area contributed by atoms with E-state index in [-0.39, 0.29) is 30.0 Å². The van der Waals surface area contributed by atoms with Gasteiger partial charge in [0.1, 0.15) is 17.9 Å².